The zero-order chi connectivity index (χ0) is 21.4. The molecule has 2 heterocycles. The van der Waals surface area contributed by atoms with E-state index in [2.05, 4.69) is 26.8 Å². The van der Waals surface area contributed by atoms with Gasteiger partial charge in [-0.15, -0.1) is 0 Å². The number of hydrogen-bond donors (Lipinski definition) is 2. The topological polar surface area (TPSA) is 97.9 Å². The van der Waals surface area contributed by atoms with Crippen LogP contribution in [0.3, 0.4) is 0 Å². The van der Waals surface area contributed by atoms with Crippen molar-refractivity contribution in [3.05, 3.63) is 70.3 Å². The van der Waals surface area contributed by atoms with E-state index in [-0.39, 0.29) is 32.9 Å². The molecule has 0 aliphatic carbocycles. The van der Waals surface area contributed by atoms with Crippen molar-refractivity contribution in [2.24, 2.45) is 5.10 Å². The number of nitrogens with one attached hydrogen (secondary N) is 2. The van der Waals surface area contributed by atoms with E-state index >= 15 is 0 Å². The van der Waals surface area contributed by atoms with E-state index in [1.165, 1.54) is 12.1 Å². The van der Waals surface area contributed by atoms with Crippen molar-refractivity contribution in [2.45, 2.75) is 0 Å². The molecule has 8 nitrogen and oxygen atoms in total. The van der Waals surface area contributed by atoms with Crippen molar-refractivity contribution in [2.75, 3.05) is 5.01 Å². The Kier molecular flexibility index (Phi) is 4.80. The minimum atomic E-state index is -0.607. The maximum absolute atomic E-state index is 12.2. The number of allylic oxidation sites excluding steroid dienone is 1. The maximum Gasteiger partial charge on any atom is 0.347 e. The predicted octanol–water partition coefficient (Wildman–Crippen LogP) is 5.74. The minimum absolute atomic E-state index is 0.0439. The van der Waals surface area contributed by atoms with Gasteiger partial charge in [0.1, 0.15) is 11.8 Å². The predicted molar refractivity (Wildman–Crippen MR) is 114 cm³/mol. The Hall–Kier alpha value is -3.98. The lowest BCUT2D eigenvalue weighted by molar-refractivity contribution is 0.248. The molecule has 0 bridgehead atoms. The molecule has 0 saturated carbocycles. The van der Waals surface area contributed by atoms with E-state index in [0.29, 0.717) is 16.8 Å². The highest BCUT2D eigenvalue weighted by atomic mass is 35.5. The third-order valence-corrected chi connectivity index (χ3v) is 4.80. The molecule has 2 aromatic carbocycles. The lowest BCUT2D eigenvalue weighted by Gasteiger charge is -2.24. The highest BCUT2D eigenvalue weighted by molar-refractivity contribution is 6.37. The van der Waals surface area contributed by atoms with Crippen LogP contribution in [0.4, 0.5) is 16.2 Å². The van der Waals surface area contributed by atoms with Gasteiger partial charge in [0, 0.05) is 17.1 Å². The Morgan fingerprint density at radius 3 is 2.67 bits per heavy atom. The molecular formula is C20H10Cl2N6O2. The standard InChI is InChI=1S/C20H10Cl2N6O2/c1-10-17(8-23)27-28(20(29)26-10)11-5-14(21)19(15(22)6-11)30-12-3-4-16-13(7-12)18(24-2)9-25-16/h3-7,9,25H,1H2,(H,26,29). The van der Waals surface area contributed by atoms with Crippen LogP contribution < -0.4 is 15.1 Å². The number of fused-ring (bicyclic) bond motifs is 1. The summed E-state index contributed by atoms with van der Waals surface area (Å²) in [5.74, 6) is 0.605. The lowest BCUT2D eigenvalue weighted by atomic mass is 10.2. The van der Waals surface area contributed by atoms with Crippen LogP contribution in [0.1, 0.15) is 0 Å². The summed E-state index contributed by atoms with van der Waals surface area (Å²) < 4.78 is 5.84. The van der Waals surface area contributed by atoms with Crippen molar-refractivity contribution in [1.82, 2.24) is 10.3 Å². The number of aromatic amines is 1. The fourth-order valence-electron chi connectivity index (χ4n) is 2.84. The molecule has 4 rings (SSSR count). The van der Waals surface area contributed by atoms with Crippen LogP contribution in [0.2, 0.25) is 10.0 Å². The van der Waals surface area contributed by atoms with Gasteiger partial charge in [0.2, 0.25) is 5.69 Å². The summed E-state index contributed by atoms with van der Waals surface area (Å²) in [5.41, 5.74) is 1.57. The molecule has 1 aliphatic rings. The Balaban J connectivity index is 1.70. The number of amides is 2. The van der Waals surface area contributed by atoms with Crippen LogP contribution in [-0.2, 0) is 0 Å². The summed E-state index contributed by atoms with van der Waals surface area (Å²) in [7, 11) is 0. The average molecular weight is 437 g/mol. The smallest absolute Gasteiger partial charge is 0.347 e. The number of carbonyl (C=O) groups excluding carboxylic acids is 1. The quantitative estimate of drug-likeness (QED) is 0.511. The van der Waals surface area contributed by atoms with Gasteiger partial charge >= 0.3 is 6.03 Å². The van der Waals surface area contributed by atoms with Crippen molar-refractivity contribution >= 4 is 57.2 Å². The van der Waals surface area contributed by atoms with Gasteiger partial charge in [-0.1, -0.05) is 29.8 Å². The second-order valence-corrected chi connectivity index (χ2v) is 6.93. The van der Waals surface area contributed by atoms with Gasteiger partial charge in [0.25, 0.3) is 0 Å². The Morgan fingerprint density at radius 2 is 2.00 bits per heavy atom. The van der Waals surface area contributed by atoms with Gasteiger partial charge in [-0.3, -0.25) is 0 Å². The number of rotatable bonds is 3. The minimum Gasteiger partial charge on any atom is -0.454 e. The largest absolute Gasteiger partial charge is 0.454 e. The number of H-pyrrole nitrogens is 1. The van der Waals surface area contributed by atoms with Gasteiger partial charge < -0.3 is 15.0 Å². The molecule has 0 fully saturated rings. The Bertz CT molecular complexity index is 1320. The zero-order valence-corrected chi connectivity index (χ0v) is 16.5. The SMILES string of the molecule is [C-]#[N+]c1c[nH]c2ccc(Oc3c(Cl)cc(N4N=C(C#N)C(=C)NC4=O)cc3Cl)cc12. The van der Waals surface area contributed by atoms with Crippen LogP contribution in [-0.4, -0.2) is 16.7 Å². The van der Waals surface area contributed by atoms with Crippen molar-refractivity contribution < 1.29 is 9.53 Å². The summed E-state index contributed by atoms with van der Waals surface area (Å²) in [6.45, 7) is 10.8. The van der Waals surface area contributed by atoms with Crippen LogP contribution in [0.25, 0.3) is 15.7 Å². The monoisotopic (exact) mass is 436 g/mol. The molecular weight excluding hydrogens is 427 g/mol. The van der Waals surface area contributed by atoms with Gasteiger partial charge in [-0.05, 0) is 30.3 Å². The number of nitrogens with zero attached hydrogens (tertiary/aromatic N) is 4. The average Bonchev–Trinajstić information content (AvgIpc) is 3.13. The number of benzene rings is 2. The molecule has 1 aromatic heterocycles. The summed E-state index contributed by atoms with van der Waals surface area (Å²) in [6, 6.07) is 9.31. The molecule has 1 aliphatic heterocycles. The summed E-state index contributed by atoms with van der Waals surface area (Å²) >= 11 is 12.7. The fraction of sp³-hybridized carbons (Fsp3) is 0. The van der Waals surface area contributed by atoms with Gasteiger partial charge in [-0.2, -0.15) is 15.4 Å². The Labute approximate surface area is 180 Å². The molecule has 0 unspecified atom stereocenters. The van der Waals surface area contributed by atoms with Crippen LogP contribution in [0, 0.1) is 17.9 Å². The third-order valence-electron chi connectivity index (χ3n) is 4.24. The normalized spacial score (nSPS) is 13.5. The first-order chi connectivity index (χ1) is 14.4. The number of hydrazone groups is 1. The van der Waals surface area contributed by atoms with Crippen molar-refractivity contribution in [1.29, 1.82) is 5.26 Å². The highest BCUT2D eigenvalue weighted by Crippen LogP contribution is 2.41. The fourth-order valence-corrected chi connectivity index (χ4v) is 3.39. The van der Waals surface area contributed by atoms with Crippen LogP contribution in [0.5, 0.6) is 11.5 Å². The maximum atomic E-state index is 12.2. The first-order valence-electron chi connectivity index (χ1n) is 8.36. The molecule has 2 amide bonds. The molecule has 30 heavy (non-hydrogen) atoms. The van der Waals surface area contributed by atoms with E-state index in [9.17, 15) is 4.79 Å². The molecule has 10 heteroatoms. The zero-order valence-electron chi connectivity index (χ0n) is 15.0. The van der Waals surface area contributed by atoms with Crippen molar-refractivity contribution in [3.8, 4) is 17.6 Å². The number of hydrogen-bond acceptors (Lipinski definition) is 4. The van der Waals surface area contributed by atoms with Crippen LogP contribution in [0.15, 0.2) is 53.9 Å². The van der Waals surface area contributed by atoms with Crippen LogP contribution >= 0.6 is 23.2 Å². The molecule has 0 atom stereocenters. The number of urea groups is 1. The molecule has 0 spiro atoms. The first kappa shape index (κ1) is 19.3. The number of ether oxygens (including phenoxy) is 1. The molecule has 146 valence electrons. The van der Waals surface area contributed by atoms with E-state index in [4.69, 9.17) is 39.8 Å². The second kappa shape index (κ2) is 7.45. The summed E-state index contributed by atoms with van der Waals surface area (Å²) in [5, 5.41) is 17.4. The highest BCUT2D eigenvalue weighted by Gasteiger charge is 2.26. The van der Waals surface area contributed by atoms with Crippen molar-refractivity contribution in [3.63, 3.8) is 0 Å². The Morgan fingerprint density at radius 1 is 1.27 bits per heavy atom. The van der Waals surface area contributed by atoms with Gasteiger partial charge in [0.15, 0.2) is 11.5 Å². The molecule has 0 saturated heterocycles. The van der Waals surface area contributed by atoms with Gasteiger partial charge in [-0.25, -0.2) is 9.64 Å². The molecule has 3 aromatic rings. The third kappa shape index (κ3) is 3.31. The number of nitriles is 1. The summed E-state index contributed by atoms with van der Waals surface area (Å²) in [6.07, 6.45) is 1.62. The summed E-state index contributed by atoms with van der Waals surface area (Å²) in [4.78, 5) is 18.7. The van der Waals surface area contributed by atoms with E-state index < -0.39 is 6.03 Å². The van der Waals surface area contributed by atoms with E-state index in [1.807, 2.05) is 6.07 Å². The number of anilines is 1. The molecule has 2 N–H and O–H groups in total. The van der Waals surface area contributed by atoms with E-state index in [0.717, 1.165) is 10.5 Å². The number of carbonyl (C=O) groups is 1. The van der Waals surface area contributed by atoms with Gasteiger partial charge in [0.05, 0.1) is 28.0 Å². The number of halogens is 2. The number of aromatic nitrogens is 1. The van der Waals surface area contributed by atoms with E-state index in [1.54, 1.807) is 24.4 Å². The lowest BCUT2D eigenvalue weighted by Crippen LogP contribution is -2.42. The molecule has 0 radical (unpaired) electrons. The second-order valence-electron chi connectivity index (χ2n) is 6.11. The first-order valence-corrected chi connectivity index (χ1v) is 9.11.